The SMILES string of the molecule is C[C@H](NC(=O)NC[C@@]1(N2CCOCC2)CCSC1)[C@H]1CCCO1. The van der Waals surface area contributed by atoms with Crippen LogP contribution in [0.25, 0.3) is 0 Å². The van der Waals surface area contributed by atoms with Crippen molar-refractivity contribution < 1.29 is 14.3 Å². The second-order valence-corrected chi connectivity index (χ2v) is 7.90. The molecule has 0 radical (unpaired) electrons. The van der Waals surface area contributed by atoms with Crippen LogP contribution in [0.4, 0.5) is 4.79 Å². The zero-order valence-electron chi connectivity index (χ0n) is 14.0. The Morgan fingerprint density at radius 1 is 1.39 bits per heavy atom. The number of urea groups is 1. The Kier molecular flexibility index (Phi) is 6.07. The van der Waals surface area contributed by atoms with Gasteiger partial charge in [0.25, 0.3) is 0 Å². The van der Waals surface area contributed by atoms with Crippen LogP contribution in [0.15, 0.2) is 0 Å². The van der Waals surface area contributed by atoms with Gasteiger partial charge in [0.2, 0.25) is 0 Å². The molecule has 3 rings (SSSR count). The van der Waals surface area contributed by atoms with Crippen molar-refractivity contribution in [3.05, 3.63) is 0 Å². The summed E-state index contributed by atoms with van der Waals surface area (Å²) in [4.78, 5) is 14.8. The van der Waals surface area contributed by atoms with E-state index in [1.165, 1.54) is 5.75 Å². The van der Waals surface area contributed by atoms with Gasteiger partial charge in [-0.15, -0.1) is 0 Å². The van der Waals surface area contributed by atoms with Crippen LogP contribution >= 0.6 is 11.8 Å². The van der Waals surface area contributed by atoms with Gasteiger partial charge in [-0.1, -0.05) is 0 Å². The molecule has 3 aliphatic heterocycles. The Labute approximate surface area is 143 Å². The lowest BCUT2D eigenvalue weighted by Gasteiger charge is -2.43. The van der Waals surface area contributed by atoms with Gasteiger partial charge in [-0.3, -0.25) is 4.90 Å². The summed E-state index contributed by atoms with van der Waals surface area (Å²) in [6.45, 7) is 7.09. The van der Waals surface area contributed by atoms with E-state index in [0.29, 0.717) is 6.54 Å². The van der Waals surface area contributed by atoms with E-state index in [0.717, 1.165) is 57.9 Å². The minimum absolute atomic E-state index is 0.0646. The lowest BCUT2D eigenvalue weighted by molar-refractivity contribution is -0.0125. The van der Waals surface area contributed by atoms with Gasteiger partial charge in [0, 0.05) is 37.5 Å². The van der Waals surface area contributed by atoms with Crippen LogP contribution in [-0.2, 0) is 9.47 Å². The van der Waals surface area contributed by atoms with E-state index in [4.69, 9.17) is 9.47 Å². The third kappa shape index (κ3) is 4.32. The maximum Gasteiger partial charge on any atom is 0.315 e. The van der Waals surface area contributed by atoms with Crippen molar-refractivity contribution in [1.29, 1.82) is 0 Å². The van der Waals surface area contributed by atoms with Crippen LogP contribution in [0.3, 0.4) is 0 Å². The molecule has 3 aliphatic rings. The summed E-state index contributed by atoms with van der Waals surface area (Å²) >= 11 is 1.99. The molecule has 3 atom stereocenters. The molecule has 3 fully saturated rings. The molecule has 23 heavy (non-hydrogen) atoms. The molecule has 0 bridgehead atoms. The zero-order chi connectivity index (χ0) is 16.1. The Hall–Kier alpha value is -0.500. The van der Waals surface area contributed by atoms with Crippen LogP contribution in [0, 0.1) is 0 Å². The molecule has 6 nitrogen and oxygen atoms in total. The molecule has 0 spiro atoms. The molecule has 3 saturated heterocycles. The molecule has 0 aromatic carbocycles. The first-order valence-electron chi connectivity index (χ1n) is 8.76. The third-order valence-electron chi connectivity index (χ3n) is 5.22. The van der Waals surface area contributed by atoms with Crippen molar-refractivity contribution in [1.82, 2.24) is 15.5 Å². The van der Waals surface area contributed by atoms with Crippen LogP contribution < -0.4 is 10.6 Å². The van der Waals surface area contributed by atoms with E-state index >= 15 is 0 Å². The van der Waals surface area contributed by atoms with Crippen molar-refractivity contribution >= 4 is 17.8 Å². The average molecular weight is 343 g/mol. The van der Waals surface area contributed by atoms with Crippen molar-refractivity contribution in [2.45, 2.75) is 43.9 Å². The summed E-state index contributed by atoms with van der Waals surface area (Å²) in [5, 5.41) is 6.16. The number of thioether (sulfide) groups is 1. The monoisotopic (exact) mass is 343 g/mol. The largest absolute Gasteiger partial charge is 0.379 e. The van der Waals surface area contributed by atoms with E-state index in [1.807, 2.05) is 18.7 Å². The van der Waals surface area contributed by atoms with Crippen LogP contribution in [-0.4, -0.2) is 79.6 Å². The topological polar surface area (TPSA) is 62.8 Å². The summed E-state index contributed by atoms with van der Waals surface area (Å²) in [6.07, 6.45) is 3.43. The Morgan fingerprint density at radius 2 is 2.22 bits per heavy atom. The molecule has 132 valence electrons. The van der Waals surface area contributed by atoms with Gasteiger partial charge in [0.1, 0.15) is 0 Å². The van der Waals surface area contributed by atoms with Crippen molar-refractivity contribution in [2.75, 3.05) is 51.0 Å². The molecule has 2 amide bonds. The normalized spacial score (nSPS) is 33.5. The number of carbonyl (C=O) groups is 1. The number of hydrogen-bond donors (Lipinski definition) is 2. The first kappa shape index (κ1) is 17.3. The van der Waals surface area contributed by atoms with Gasteiger partial charge in [-0.25, -0.2) is 4.79 Å². The van der Waals surface area contributed by atoms with Crippen molar-refractivity contribution in [3.63, 3.8) is 0 Å². The van der Waals surface area contributed by atoms with Gasteiger partial charge in [0.15, 0.2) is 0 Å². The number of amides is 2. The average Bonchev–Trinajstić information content (AvgIpc) is 3.26. The number of nitrogens with zero attached hydrogens (tertiary/aromatic N) is 1. The summed E-state index contributed by atoms with van der Waals surface area (Å²) in [5.74, 6) is 2.27. The molecule has 0 aromatic heterocycles. The maximum atomic E-state index is 12.3. The molecule has 0 aliphatic carbocycles. The molecular formula is C16H29N3O3S. The van der Waals surface area contributed by atoms with Crippen LogP contribution in [0.5, 0.6) is 0 Å². The van der Waals surface area contributed by atoms with Gasteiger partial charge < -0.3 is 20.1 Å². The van der Waals surface area contributed by atoms with E-state index in [1.54, 1.807) is 0 Å². The van der Waals surface area contributed by atoms with Gasteiger partial charge >= 0.3 is 6.03 Å². The predicted octanol–water partition coefficient (Wildman–Crippen LogP) is 1.06. The quantitative estimate of drug-likeness (QED) is 0.782. The van der Waals surface area contributed by atoms with E-state index in [-0.39, 0.29) is 23.7 Å². The fraction of sp³-hybridized carbons (Fsp3) is 0.938. The summed E-state index contributed by atoms with van der Waals surface area (Å²) in [5.41, 5.74) is 0.0961. The number of morpholine rings is 1. The fourth-order valence-corrected chi connectivity index (χ4v) is 5.20. The molecule has 0 saturated carbocycles. The summed E-state index contributed by atoms with van der Waals surface area (Å²) < 4.78 is 11.1. The van der Waals surface area contributed by atoms with Crippen LogP contribution in [0.2, 0.25) is 0 Å². The fourth-order valence-electron chi connectivity index (χ4n) is 3.73. The summed E-state index contributed by atoms with van der Waals surface area (Å²) in [7, 11) is 0. The Balaban J connectivity index is 1.49. The number of ether oxygens (including phenoxy) is 2. The molecule has 0 unspecified atom stereocenters. The lowest BCUT2D eigenvalue weighted by atomic mass is 9.95. The number of rotatable bonds is 5. The minimum Gasteiger partial charge on any atom is -0.379 e. The second-order valence-electron chi connectivity index (χ2n) is 6.79. The smallest absolute Gasteiger partial charge is 0.315 e. The van der Waals surface area contributed by atoms with Crippen molar-refractivity contribution in [2.24, 2.45) is 0 Å². The number of carbonyl (C=O) groups excluding carboxylic acids is 1. The minimum atomic E-state index is -0.0717. The second kappa shape index (κ2) is 8.05. The lowest BCUT2D eigenvalue weighted by Crippen LogP contribution is -2.60. The molecule has 0 aromatic rings. The predicted molar refractivity (Wildman–Crippen MR) is 92.0 cm³/mol. The number of hydrogen-bond acceptors (Lipinski definition) is 5. The van der Waals surface area contributed by atoms with E-state index in [9.17, 15) is 4.79 Å². The van der Waals surface area contributed by atoms with Gasteiger partial charge in [-0.05, 0) is 31.9 Å². The van der Waals surface area contributed by atoms with E-state index < -0.39 is 0 Å². The number of nitrogens with one attached hydrogen (secondary N) is 2. The summed E-state index contributed by atoms with van der Waals surface area (Å²) in [6, 6.07) is -0.00711. The molecule has 7 heteroatoms. The molecule has 2 N–H and O–H groups in total. The standard InChI is InChI=1S/C16H29N3O3S/c1-13(14-3-2-7-22-14)18-15(20)17-11-16(4-10-23-12-16)19-5-8-21-9-6-19/h13-14H,2-12H2,1H3,(H2,17,18,20)/t13-,14+,16-/m0/s1. The Bertz CT molecular complexity index is 392. The first-order chi connectivity index (χ1) is 11.2. The zero-order valence-corrected chi connectivity index (χ0v) is 14.8. The van der Waals surface area contributed by atoms with Crippen LogP contribution in [0.1, 0.15) is 26.2 Å². The third-order valence-corrected chi connectivity index (χ3v) is 6.46. The first-order valence-corrected chi connectivity index (χ1v) is 9.92. The highest BCUT2D eigenvalue weighted by Crippen LogP contribution is 2.33. The highest BCUT2D eigenvalue weighted by atomic mass is 32.2. The maximum absolute atomic E-state index is 12.3. The van der Waals surface area contributed by atoms with E-state index in [2.05, 4.69) is 15.5 Å². The highest BCUT2D eigenvalue weighted by Gasteiger charge is 2.41. The Morgan fingerprint density at radius 3 is 2.87 bits per heavy atom. The van der Waals surface area contributed by atoms with Gasteiger partial charge in [0.05, 0.1) is 25.4 Å². The van der Waals surface area contributed by atoms with Crippen molar-refractivity contribution in [3.8, 4) is 0 Å². The van der Waals surface area contributed by atoms with Gasteiger partial charge in [-0.2, -0.15) is 11.8 Å². The highest BCUT2D eigenvalue weighted by molar-refractivity contribution is 7.99. The molecular weight excluding hydrogens is 314 g/mol. The molecule has 3 heterocycles.